The molecule has 1 aromatic carbocycles. The molecule has 3 N–H and O–H groups in total. The van der Waals surface area contributed by atoms with Crippen molar-refractivity contribution in [1.29, 1.82) is 0 Å². The van der Waals surface area contributed by atoms with Crippen LogP contribution in [-0.2, 0) is 4.79 Å². The molecule has 2 unspecified atom stereocenters. The Morgan fingerprint density at radius 3 is 2.75 bits per heavy atom. The van der Waals surface area contributed by atoms with E-state index in [4.69, 9.17) is 5.73 Å². The number of hydrogen-bond acceptors (Lipinski definition) is 2. The molecular weight excluding hydrogens is 286 g/mol. The third-order valence-electron chi connectivity index (χ3n) is 3.78. The minimum Gasteiger partial charge on any atom is -0.325 e. The monoisotopic (exact) mass is 304 g/mol. The third-order valence-corrected chi connectivity index (χ3v) is 3.78. The van der Waals surface area contributed by atoms with Gasteiger partial charge in [0.1, 0.15) is 0 Å². The molecule has 1 aliphatic rings. The van der Waals surface area contributed by atoms with E-state index >= 15 is 0 Å². The van der Waals surface area contributed by atoms with Crippen LogP contribution in [0, 0.1) is 17.6 Å². The minimum atomic E-state index is -1.04. The standard InChI is InChI=1S/C14H18F2N2O.ClH/c1-14(17)8-3-2-5-9(14)13(19)18-11-7-4-6-10(15)12(11)16;/h4,6-7,9H,2-3,5,8,17H2,1H3,(H,18,19);1H. The van der Waals surface area contributed by atoms with Gasteiger partial charge in [-0.1, -0.05) is 18.9 Å². The van der Waals surface area contributed by atoms with Crippen molar-refractivity contribution in [1.82, 2.24) is 0 Å². The number of halogens is 3. The molecular formula is C14H19ClF2N2O. The Kier molecular flexibility index (Phi) is 5.48. The molecule has 3 nitrogen and oxygen atoms in total. The summed E-state index contributed by atoms with van der Waals surface area (Å²) in [6, 6.07) is 3.71. The molecule has 20 heavy (non-hydrogen) atoms. The van der Waals surface area contributed by atoms with Crippen LogP contribution in [0.3, 0.4) is 0 Å². The summed E-state index contributed by atoms with van der Waals surface area (Å²) in [6.45, 7) is 1.83. The van der Waals surface area contributed by atoms with Gasteiger partial charge in [0.05, 0.1) is 11.6 Å². The zero-order chi connectivity index (χ0) is 14.0. The predicted octanol–water partition coefficient (Wildman–Crippen LogP) is 3.23. The van der Waals surface area contributed by atoms with Crippen LogP contribution in [0.5, 0.6) is 0 Å². The van der Waals surface area contributed by atoms with Gasteiger partial charge in [0.25, 0.3) is 0 Å². The maximum absolute atomic E-state index is 13.5. The van der Waals surface area contributed by atoms with E-state index in [2.05, 4.69) is 5.32 Å². The summed E-state index contributed by atoms with van der Waals surface area (Å²) in [6.07, 6.45) is 3.36. The lowest BCUT2D eigenvalue weighted by atomic mass is 9.74. The molecule has 6 heteroatoms. The molecule has 112 valence electrons. The van der Waals surface area contributed by atoms with Gasteiger partial charge in [0.15, 0.2) is 11.6 Å². The number of rotatable bonds is 2. The van der Waals surface area contributed by atoms with Gasteiger partial charge in [-0.05, 0) is 31.9 Å². The molecule has 0 radical (unpaired) electrons. The molecule has 2 rings (SSSR count). The molecule has 0 spiro atoms. The number of benzene rings is 1. The Labute approximate surface area is 123 Å². The molecule has 0 heterocycles. The molecule has 0 saturated heterocycles. The normalized spacial score (nSPS) is 25.7. The number of nitrogens with one attached hydrogen (secondary N) is 1. The van der Waals surface area contributed by atoms with Crippen LogP contribution in [0.15, 0.2) is 18.2 Å². The lowest BCUT2D eigenvalue weighted by Gasteiger charge is -2.37. The first-order valence-corrected chi connectivity index (χ1v) is 6.45. The highest BCUT2D eigenvalue weighted by molar-refractivity contribution is 5.93. The van der Waals surface area contributed by atoms with E-state index in [9.17, 15) is 13.6 Å². The fourth-order valence-corrected chi connectivity index (χ4v) is 2.61. The first-order valence-electron chi connectivity index (χ1n) is 6.45. The van der Waals surface area contributed by atoms with Crippen molar-refractivity contribution in [2.24, 2.45) is 11.7 Å². The maximum Gasteiger partial charge on any atom is 0.229 e. The summed E-state index contributed by atoms with van der Waals surface area (Å²) >= 11 is 0. The molecule has 0 bridgehead atoms. The van der Waals surface area contributed by atoms with Crippen molar-refractivity contribution in [2.45, 2.75) is 38.1 Å². The summed E-state index contributed by atoms with van der Waals surface area (Å²) in [7, 11) is 0. The van der Waals surface area contributed by atoms with E-state index in [-0.39, 0.29) is 29.9 Å². The van der Waals surface area contributed by atoms with Crippen LogP contribution in [0.4, 0.5) is 14.5 Å². The van der Waals surface area contributed by atoms with Crippen molar-refractivity contribution in [3.63, 3.8) is 0 Å². The molecule has 1 amide bonds. The van der Waals surface area contributed by atoms with Crippen molar-refractivity contribution < 1.29 is 13.6 Å². The Bertz CT molecular complexity index is 494. The first-order chi connectivity index (χ1) is 8.92. The quantitative estimate of drug-likeness (QED) is 0.881. The summed E-state index contributed by atoms with van der Waals surface area (Å²) in [5, 5.41) is 2.44. The summed E-state index contributed by atoms with van der Waals surface area (Å²) in [5.41, 5.74) is 5.39. The SMILES string of the molecule is CC1(N)CCCCC1C(=O)Nc1cccc(F)c1F.Cl. The van der Waals surface area contributed by atoms with Crippen molar-refractivity contribution in [3.8, 4) is 0 Å². The van der Waals surface area contributed by atoms with Gasteiger partial charge in [0, 0.05) is 5.54 Å². The fourth-order valence-electron chi connectivity index (χ4n) is 2.61. The number of carbonyl (C=O) groups is 1. The highest BCUT2D eigenvalue weighted by atomic mass is 35.5. The van der Waals surface area contributed by atoms with Crippen LogP contribution in [-0.4, -0.2) is 11.4 Å². The predicted molar refractivity (Wildman–Crippen MR) is 76.8 cm³/mol. The molecule has 0 aromatic heterocycles. The van der Waals surface area contributed by atoms with Crippen LogP contribution >= 0.6 is 12.4 Å². The van der Waals surface area contributed by atoms with Gasteiger partial charge in [-0.25, -0.2) is 8.78 Å². The smallest absolute Gasteiger partial charge is 0.229 e. The third kappa shape index (κ3) is 3.46. The van der Waals surface area contributed by atoms with Gasteiger partial charge in [-0.15, -0.1) is 12.4 Å². The van der Waals surface area contributed by atoms with Gasteiger partial charge in [0.2, 0.25) is 5.91 Å². The van der Waals surface area contributed by atoms with Gasteiger partial charge in [-0.3, -0.25) is 4.79 Å². The molecule has 1 aliphatic carbocycles. The number of anilines is 1. The van der Waals surface area contributed by atoms with E-state index in [1.165, 1.54) is 12.1 Å². The average Bonchev–Trinajstić information content (AvgIpc) is 2.34. The fraction of sp³-hybridized carbons (Fsp3) is 0.500. The van der Waals surface area contributed by atoms with Crippen LogP contribution in [0.2, 0.25) is 0 Å². The topological polar surface area (TPSA) is 55.1 Å². The van der Waals surface area contributed by atoms with Crippen LogP contribution < -0.4 is 11.1 Å². The number of amides is 1. The Hall–Kier alpha value is -1.20. The van der Waals surface area contributed by atoms with Crippen LogP contribution in [0.25, 0.3) is 0 Å². The van der Waals surface area contributed by atoms with Crippen LogP contribution in [0.1, 0.15) is 32.6 Å². The second kappa shape index (κ2) is 6.50. The minimum absolute atomic E-state index is 0. The molecule has 2 atom stereocenters. The number of nitrogens with two attached hydrogens (primary N) is 1. The largest absolute Gasteiger partial charge is 0.325 e. The molecule has 1 saturated carbocycles. The van der Waals surface area contributed by atoms with Crippen molar-refractivity contribution in [2.75, 3.05) is 5.32 Å². The number of carbonyl (C=O) groups excluding carboxylic acids is 1. The second-order valence-electron chi connectivity index (χ2n) is 5.39. The lowest BCUT2D eigenvalue weighted by molar-refractivity contribution is -0.122. The van der Waals surface area contributed by atoms with Gasteiger partial charge in [-0.2, -0.15) is 0 Å². The number of hydrogen-bond donors (Lipinski definition) is 2. The van der Waals surface area contributed by atoms with Crippen molar-refractivity contribution in [3.05, 3.63) is 29.8 Å². The van der Waals surface area contributed by atoms with E-state index in [1.54, 1.807) is 0 Å². The highest BCUT2D eigenvalue weighted by Gasteiger charge is 2.38. The van der Waals surface area contributed by atoms with Gasteiger partial charge >= 0.3 is 0 Å². The molecule has 0 aliphatic heterocycles. The van der Waals surface area contributed by atoms with Gasteiger partial charge < -0.3 is 11.1 Å². The average molecular weight is 305 g/mol. The molecule has 1 aromatic rings. The Morgan fingerprint density at radius 1 is 1.40 bits per heavy atom. The highest BCUT2D eigenvalue weighted by Crippen LogP contribution is 2.32. The first kappa shape index (κ1) is 16.9. The van der Waals surface area contributed by atoms with E-state index in [0.717, 1.165) is 25.3 Å². The maximum atomic E-state index is 13.5. The second-order valence-corrected chi connectivity index (χ2v) is 5.39. The lowest BCUT2D eigenvalue weighted by Crippen LogP contribution is -2.51. The van der Waals surface area contributed by atoms with E-state index in [1.807, 2.05) is 6.92 Å². The van der Waals surface area contributed by atoms with Crippen molar-refractivity contribution >= 4 is 24.0 Å². The molecule has 1 fully saturated rings. The summed E-state index contributed by atoms with van der Waals surface area (Å²) < 4.78 is 26.6. The Balaban J connectivity index is 0.00000200. The zero-order valence-electron chi connectivity index (χ0n) is 11.3. The zero-order valence-corrected chi connectivity index (χ0v) is 12.1. The van der Waals surface area contributed by atoms with E-state index in [0.29, 0.717) is 6.42 Å². The summed E-state index contributed by atoms with van der Waals surface area (Å²) in [4.78, 5) is 12.2. The Morgan fingerprint density at radius 2 is 2.10 bits per heavy atom. The van der Waals surface area contributed by atoms with E-state index < -0.39 is 17.2 Å². The summed E-state index contributed by atoms with van der Waals surface area (Å²) in [5.74, 6) is -2.72.